The number of ether oxygens (including phenoxy) is 1. The van der Waals surface area contributed by atoms with Crippen LogP contribution in [-0.2, 0) is 22.5 Å². The fraction of sp³-hybridized carbons (Fsp3) is 0.609. The average Bonchev–Trinajstić information content (AvgIpc) is 3.08. The Morgan fingerprint density at radius 2 is 2.04 bits per heavy atom. The van der Waals surface area contributed by atoms with Gasteiger partial charge in [-0.1, -0.05) is 24.6 Å². The molecule has 2 aromatic rings. The van der Waals surface area contributed by atoms with Crippen molar-refractivity contribution in [1.29, 1.82) is 0 Å². The molecule has 2 aliphatic heterocycles. The van der Waals surface area contributed by atoms with Crippen molar-refractivity contribution in [2.45, 2.75) is 51.1 Å². The second-order valence-electron chi connectivity index (χ2n) is 8.34. The Balaban J connectivity index is 1.38. The molecule has 1 aromatic carbocycles. The molecule has 2 saturated heterocycles. The van der Waals surface area contributed by atoms with E-state index in [1.54, 1.807) is 7.11 Å². The van der Waals surface area contributed by atoms with Crippen molar-refractivity contribution in [1.82, 2.24) is 14.8 Å². The van der Waals surface area contributed by atoms with Gasteiger partial charge in [0.15, 0.2) is 0 Å². The van der Waals surface area contributed by atoms with Crippen LogP contribution in [0.3, 0.4) is 0 Å². The molecular formula is C23H33N3O2. The molecule has 0 radical (unpaired) electrons. The molecular weight excluding hydrogens is 350 g/mol. The van der Waals surface area contributed by atoms with Gasteiger partial charge in [-0.15, -0.1) is 0 Å². The lowest BCUT2D eigenvalue weighted by Crippen LogP contribution is -2.51. The third-order valence-electron chi connectivity index (χ3n) is 6.55. The zero-order chi connectivity index (χ0) is 19.3. The Bertz CT molecular complexity index is 798. The highest BCUT2D eigenvalue weighted by atomic mass is 16.5. The summed E-state index contributed by atoms with van der Waals surface area (Å²) in [6.07, 6.45) is 9.05. The molecule has 28 heavy (non-hydrogen) atoms. The molecule has 0 unspecified atom stereocenters. The maximum Gasteiger partial charge on any atom is 0.224 e. The van der Waals surface area contributed by atoms with Gasteiger partial charge in [0.1, 0.15) is 0 Å². The number of amides is 1. The quantitative estimate of drug-likeness (QED) is 0.799. The van der Waals surface area contributed by atoms with E-state index in [0.717, 1.165) is 18.7 Å². The maximum atomic E-state index is 12.7. The van der Waals surface area contributed by atoms with Crippen LogP contribution in [0.1, 0.15) is 37.7 Å². The Labute approximate surface area is 168 Å². The van der Waals surface area contributed by atoms with Crippen LogP contribution in [0.5, 0.6) is 0 Å². The largest absolute Gasteiger partial charge is 0.383 e. The van der Waals surface area contributed by atoms with E-state index >= 15 is 0 Å². The number of benzene rings is 1. The van der Waals surface area contributed by atoms with Crippen molar-refractivity contribution < 1.29 is 9.53 Å². The summed E-state index contributed by atoms with van der Waals surface area (Å²) in [5.74, 6) is 0.753. The molecule has 1 amide bonds. The molecule has 5 nitrogen and oxygen atoms in total. The topological polar surface area (TPSA) is 46.5 Å². The molecule has 0 aliphatic carbocycles. The van der Waals surface area contributed by atoms with E-state index in [1.807, 2.05) is 6.07 Å². The van der Waals surface area contributed by atoms with Crippen LogP contribution in [0.2, 0.25) is 0 Å². The minimum atomic E-state index is 0.141. The number of piperidine rings is 2. The smallest absolute Gasteiger partial charge is 0.224 e. The summed E-state index contributed by atoms with van der Waals surface area (Å²) < 4.78 is 7.43. The Hall–Kier alpha value is -1.85. The number of nitrogens with zero attached hydrogens (tertiary/aromatic N) is 2. The van der Waals surface area contributed by atoms with Crippen molar-refractivity contribution in [3.63, 3.8) is 0 Å². The predicted octanol–water partition coefficient (Wildman–Crippen LogP) is 3.21. The monoisotopic (exact) mass is 383 g/mol. The zero-order valence-electron chi connectivity index (χ0n) is 17.0. The highest BCUT2D eigenvalue weighted by molar-refractivity contribution is 5.89. The van der Waals surface area contributed by atoms with E-state index in [0.29, 0.717) is 25.0 Å². The van der Waals surface area contributed by atoms with Crippen molar-refractivity contribution >= 4 is 16.8 Å². The second-order valence-corrected chi connectivity index (χ2v) is 8.34. The molecule has 0 bridgehead atoms. The van der Waals surface area contributed by atoms with Crippen molar-refractivity contribution in [2.75, 3.05) is 33.4 Å². The lowest BCUT2D eigenvalue weighted by atomic mass is 9.83. The van der Waals surface area contributed by atoms with Crippen LogP contribution < -0.4 is 5.32 Å². The minimum absolute atomic E-state index is 0.141. The molecule has 2 aliphatic rings. The van der Waals surface area contributed by atoms with Gasteiger partial charge < -0.3 is 19.5 Å². The molecule has 0 spiro atoms. The van der Waals surface area contributed by atoms with Crippen LogP contribution in [0, 0.1) is 5.92 Å². The number of rotatable bonds is 7. The van der Waals surface area contributed by atoms with Gasteiger partial charge in [0.05, 0.1) is 13.0 Å². The van der Waals surface area contributed by atoms with Gasteiger partial charge in [0, 0.05) is 43.3 Å². The first-order valence-corrected chi connectivity index (χ1v) is 10.8. The molecule has 152 valence electrons. The van der Waals surface area contributed by atoms with Gasteiger partial charge >= 0.3 is 0 Å². The molecule has 2 fully saturated rings. The number of para-hydroxylation sites is 1. The number of carbonyl (C=O) groups is 1. The van der Waals surface area contributed by atoms with Gasteiger partial charge in [-0.05, 0) is 56.3 Å². The Morgan fingerprint density at radius 1 is 1.18 bits per heavy atom. The molecule has 4 rings (SSSR count). The van der Waals surface area contributed by atoms with Gasteiger partial charge in [-0.3, -0.25) is 4.79 Å². The fourth-order valence-electron chi connectivity index (χ4n) is 5.13. The standard InChI is InChI=1S/C23H33N3O2/c1-28-14-13-26-17-19(20-8-2-3-10-22(20)26)15-23(27)24-16-18-7-6-12-25-11-5-4-9-21(18)25/h2-3,8,10,17-18,21H,4-7,9,11-16H2,1H3,(H,24,27)/t18-,21+/m0/s1. The van der Waals surface area contributed by atoms with Gasteiger partial charge in [0.25, 0.3) is 0 Å². The number of nitrogens with one attached hydrogen (secondary N) is 1. The number of aromatic nitrogens is 1. The molecule has 0 saturated carbocycles. The lowest BCUT2D eigenvalue weighted by molar-refractivity contribution is -0.120. The lowest BCUT2D eigenvalue weighted by Gasteiger charge is -2.44. The van der Waals surface area contributed by atoms with Crippen molar-refractivity contribution in [3.05, 3.63) is 36.0 Å². The summed E-state index contributed by atoms with van der Waals surface area (Å²) in [7, 11) is 1.72. The SMILES string of the molecule is COCCn1cc(CC(=O)NC[C@@H]2CCCN3CCCC[C@H]23)c2ccccc21. The van der Waals surface area contributed by atoms with E-state index in [2.05, 4.69) is 39.2 Å². The summed E-state index contributed by atoms with van der Waals surface area (Å²) in [5, 5.41) is 4.42. The number of hydrogen-bond donors (Lipinski definition) is 1. The summed E-state index contributed by atoms with van der Waals surface area (Å²) in [4.78, 5) is 15.4. The number of methoxy groups -OCH3 is 1. The average molecular weight is 384 g/mol. The number of carbonyl (C=O) groups excluding carboxylic acids is 1. The highest BCUT2D eigenvalue weighted by Gasteiger charge is 2.32. The Kier molecular flexibility index (Phi) is 6.33. The number of fused-ring (bicyclic) bond motifs is 2. The third-order valence-corrected chi connectivity index (χ3v) is 6.55. The first-order chi connectivity index (χ1) is 13.8. The summed E-state index contributed by atoms with van der Waals surface area (Å²) in [6.45, 7) is 4.79. The highest BCUT2D eigenvalue weighted by Crippen LogP contribution is 2.30. The summed E-state index contributed by atoms with van der Waals surface area (Å²) in [6, 6.07) is 9.01. The van der Waals surface area contributed by atoms with Gasteiger partial charge in [-0.2, -0.15) is 0 Å². The normalized spacial score (nSPS) is 22.9. The van der Waals surface area contributed by atoms with Gasteiger partial charge in [-0.25, -0.2) is 0 Å². The molecule has 1 aromatic heterocycles. The maximum absolute atomic E-state index is 12.7. The molecule has 5 heteroatoms. The molecule has 3 heterocycles. The van der Waals surface area contributed by atoms with Crippen LogP contribution in [-0.4, -0.2) is 54.8 Å². The van der Waals surface area contributed by atoms with E-state index in [1.165, 1.54) is 56.1 Å². The van der Waals surface area contributed by atoms with E-state index < -0.39 is 0 Å². The van der Waals surface area contributed by atoms with Crippen molar-refractivity contribution in [2.24, 2.45) is 5.92 Å². The summed E-state index contributed by atoms with van der Waals surface area (Å²) in [5.41, 5.74) is 2.28. The molecule has 1 N–H and O–H groups in total. The van der Waals surface area contributed by atoms with Crippen LogP contribution >= 0.6 is 0 Å². The van der Waals surface area contributed by atoms with Crippen LogP contribution in [0.25, 0.3) is 10.9 Å². The van der Waals surface area contributed by atoms with Gasteiger partial charge in [0.2, 0.25) is 5.91 Å². The third kappa shape index (κ3) is 4.26. The minimum Gasteiger partial charge on any atom is -0.383 e. The van der Waals surface area contributed by atoms with Crippen LogP contribution in [0.4, 0.5) is 0 Å². The Morgan fingerprint density at radius 3 is 2.93 bits per heavy atom. The second kappa shape index (κ2) is 9.10. The van der Waals surface area contributed by atoms with Crippen LogP contribution in [0.15, 0.2) is 30.5 Å². The zero-order valence-corrected chi connectivity index (χ0v) is 17.0. The predicted molar refractivity (Wildman–Crippen MR) is 112 cm³/mol. The van der Waals surface area contributed by atoms with E-state index in [9.17, 15) is 4.79 Å². The number of hydrogen-bond acceptors (Lipinski definition) is 3. The van der Waals surface area contributed by atoms with E-state index in [-0.39, 0.29) is 5.91 Å². The first-order valence-electron chi connectivity index (χ1n) is 10.8. The summed E-state index contributed by atoms with van der Waals surface area (Å²) >= 11 is 0. The van der Waals surface area contributed by atoms with E-state index in [4.69, 9.17) is 4.74 Å². The van der Waals surface area contributed by atoms with Crippen molar-refractivity contribution in [3.8, 4) is 0 Å². The first kappa shape index (κ1) is 19.5. The fourth-order valence-corrected chi connectivity index (χ4v) is 5.13. The molecule has 2 atom stereocenters.